The van der Waals surface area contributed by atoms with Gasteiger partial charge in [-0.2, -0.15) is 0 Å². The average molecular weight is 216 g/mol. The molecule has 1 aromatic carbocycles. The second kappa shape index (κ2) is 5.66. The molecule has 0 spiro atoms. The van der Waals surface area contributed by atoms with E-state index in [2.05, 4.69) is 13.5 Å². The van der Waals surface area contributed by atoms with Crippen LogP contribution < -0.4 is 0 Å². The van der Waals surface area contributed by atoms with Crippen LogP contribution in [0.1, 0.15) is 25.8 Å². The molecule has 0 unspecified atom stereocenters. The van der Waals surface area contributed by atoms with Gasteiger partial charge in [0, 0.05) is 5.41 Å². The van der Waals surface area contributed by atoms with Crippen molar-refractivity contribution in [1.82, 2.24) is 0 Å². The van der Waals surface area contributed by atoms with Crippen molar-refractivity contribution < 1.29 is 5.11 Å². The molecule has 1 rings (SSSR count). The van der Waals surface area contributed by atoms with Gasteiger partial charge in [0.25, 0.3) is 0 Å². The standard InChI is InChI=1S/C15H20O/c1-4-15(3,5-2)14(16)12-11-13-9-7-6-8-10-13/h4,6-12,14,16H,1,5H2,2-3H3/b12-11+/t14-,15-/m0/s1. The summed E-state index contributed by atoms with van der Waals surface area (Å²) in [5.41, 5.74) is 0.856. The van der Waals surface area contributed by atoms with E-state index in [4.69, 9.17) is 0 Å². The zero-order valence-electron chi connectivity index (χ0n) is 10.1. The molecule has 86 valence electrons. The molecule has 1 aromatic rings. The number of hydrogen-bond donors (Lipinski definition) is 1. The molecular weight excluding hydrogens is 196 g/mol. The van der Waals surface area contributed by atoms with Gasteiger partial charge in [-0.05, 0) is 12.0 Å². The van der Waals surface area contributed by atoms with Crippen LogP contribution in [0.15, 0.2) is 49.1 Å². The molecule has 0 saturated carbocycles. The topological polar surface area (TPSA) is 20.2 Å². The summed E-state index contributed by atoms with van der Waals surface area (Å²) < 4.78 is 0. The number of aliphatic hydroxyl groups is 1. The summed E-state index contributed by atoms with van der Waals surface area (Å²) in [6.45, 7) is 7.86. The maximum atomic E-state index is 10.1. The van der Waals surface area contributed by atoms with Gasteiger partial charge < -0.3 is 5.11 Å². The molecule has 1 heteroatoms. The van der Waals surface area contributed by atoms with Crippen LogP contribution in [0.3, 0.4) is 0 Å². The first-order chi connectivity index (χ1) is 7.62. The van der Waals surface area contributed by atoms with Crippen LogP contribution in [-0.2, 0) is 0 Å². The molecule has 0 amide bonds. The Kier molecular flexibility index (Phi) is 4.51. The average Bonchev–Trinajstić information content (AvgIpc) is 2.36. The zero-order chi connectivity index (χ0) is 12.0. The largest absolute Gasteiger partial charge is 0.388 e. The van der Waals surface area contributed by atoms with Gasteiger partial charge >= 0.3 is 0 Å². The van der Waals surface area contributed by atoms with Crippen molar-refractivity contribution in [3.63, 3.8) is 0 Å². The monoisotopic (exact) mass is 216 g/mol. The SMILES string of the molecule is C=C[C@@](C)(CC)[C@@H](O)/C=C/c1ccccc1. The minimum absolute atomic E-state index is 0.245. The summed E-state index contributed by atoms with van der Waals surface area (Å²) in [6, 6.07) is 9.98. The van der Waals surface area contributed by atoms with E-state index in [1.165, 1.54) is 0 Å². The third-order valence-corrected chi connectivity index (χ3v) is 3.17. The number of benzene rings is 1. The van der Waals surface area contributed by atoms with Crippen molar-refractivity contribution in [3.8, 4) is 0 Å². The lowest BCUT2D eigenvalue weighted by Gasteiger charge is -2.27. The first-order valence-corrected chi connectivity index (χ1v) is 5.67. The van der Waals surface area contributed by atoms with E-state index in [-0.39, 0.29) is 5.41 Å². The second-order valence-electron chi connectivity index (χ2n) is 4.28. The highest BCUT2D eigenvalue weighted by atomic mass is 16.3. The van der Waals surface area contributed by atoms with Crippen molar-refractivity contribution in [1.29, 1.82) is 0 Å². The van der Waals surface area contributed by atoms with Crippen LogP contribution in [0.5, 0.6) is 0 Å². The third kappa shape index (κ3) is 3.07. The van der Waals surface area contributed by atoms with Gasteiger partial charge in [-0.25, -0.2) is 0 Å². The first kappa shape index (κ1) is 12.7. The summed E-state index contributed by atoms with van der Waals surface area (Å²) >= 11 is 0. The van der Waals surface area contributed by atoms with Crippen LogP contribution in [0.2, 0.25) is 0 Å². The number of hydrogen-bond acceptors (Lipinski definition) is 1. The quantitative estimate of drug-likeness (QED) is 0.745. The predicted molar refractivity (Wildman–Crippen MR) is 70.1 cm³/mol. The van der Waals surface area contributed by atoms with E-state index in [1.807, 2.05) is 55.5 Å². The van der Waals surface area contributed by atoms with Crippen LogP contribution in [0.4, 0.5) is 0 Å². The van der Waals surface area contributed by atoms with Gasteiger partial charge in [0.15, 0.2) is 0 Å². The van der Waals surface area contributed by atoms with Crippen LogP contribution in [0, 0.1) is 5.41 Å². The fraction of sp³-hybridized carbons (Fsp3) is 0.333. The van der Waals surface area contributed by atoms with Crippen LogP contribution in [-0.4, -0.2) is 11.2 Å². The molecule has 1 N–H and O–H groups in total. The van der Waals surface area contributed by atoms with E-state index in [1.54, 1.807) is 0 Å². The normalized spacial score (nSPS) is 16.9. The number of rotatable bonds is 5. The van der Waals surface area contributed by atoms with E-state index < -0.39 is 6.10 Å². The van der Waals surface area contributed by atoms with Gasteiger partial charge in [0.1, 0.15) is 0 Å². The highest BCUT2D eigenvalue weighted by molar-refractivity contribution is 5.49. The summed E-state index contributed by atoms with van der Waals surface area (Å²) in [4.78, 5) is 0. The molecule has 1 nitrogen and oxygen atoms in total. The van der Waals surface area contributed by atoms with Crippen molar-refractivity contribution in [2.45, 2.75) is 26.4 Å². The lowest BCUT2D eigenvalue weighted by atomic mass is 9.81. The van der Waals surface area contributed by atoms with Gasteiger partial charge in [-0.3, -0.25) is 0 Å². The maximum absolute atomic E-state index is 10.1. The molecule has 0 radical (unpaired) electrons. The Hall–Kier alpha value is -1.34. The van der Waals surface area contributed by atoms with E-state index in [0.29, 0.717) is 0 Å². The predicted octanol–water partition coefficient (Wildman–Crippen LogP) is 3.66. The second-order valence-corrected chi connectivity index (χ2v) is 4.28. The Balaban J connectivity index is 2.74. The number of aliphatic hydroxyl groups excluding tert-OH is 1. The molecule has 0 heterocycles. The lowest BCUT2D eigenvalue weighted by Crippen LogP contribution is -2.27. The summed E-state index contributed by atoms with van der Waals surface area (Å²) in [7, 11) is 0. The molecule has 0 aromatic heterocycles. The summed E-state index contributed by atoms with van der Waals surface area (Å²) in [6.07, 6.45) is 5.99. The first-order valence-electron chi connectivity index (χ1n) is 5.67. The van der Waals surface area contributed by atoms with Crippen molar-refractivity contribution in [3.05, 3.63) is 54.6 Å². The molecule has 0 aliphatic carbocycles. The molecule has 2 atom stereocenters. The highest BCUT2D eigenvalue weighted by Crippen LogP contribution is 2.28. The highest BCUT2D eigenvalue weighted by Gasteiger charge is 2.25. The van der Waals surface area contributed by atoms with Gasteiger partial charge in [-0.1, -0.05) is 62.4 Å². The molecule has 0 bridgehead atoms. The van der Waals surface area contributed by atoms with Crippen LogP contribution in [0.25, 0.3) is 6.08 Å². The van der Waals surface area contributed by atoms with Crippen molar-refractivity contribution in [2.24, 2.45) is 5.41 Å². The summed E-state index contributed by atoms with van der Waals surface area (Å²) in [5.74, 6) is 0. The molecular formula is C15H20O. The van der Waals surface area contributed by atoms with Crippen molar-refractivity contribution >= 4 is 6.08 Å². The van der Waals surface area contributed by atoms with Gasteiger partial charge in [-0.15, -0.1) is 6.58 Å². The molecule has 0 fully saturated rings. The van der Waals surface area contributed by atoms with Crippen LogP contribution >= 0.6 is 0 Å². The Morgan fingerprint density at radius 2 is 2.00 bits per heavy atom. The van der Waals surface area contributed by atoms with E-state index in [9.17, 15) is 5.11 Å². The Bertz CT molecular complexity index is 353. The fourth-order valence-corrected chi connectivity index (χ4v) is 1.46. The Morgan fingerprint density at radius 3 is 2.50 bits per heavy atom. The smallest absolute Gasteiger partial charge is 0.0811 e. The van der Waals surface area contributed by atoms with E-state index >= 15 is 0 Å². The zero-order valence-corrected chi connectivity index (χ0v) is 10.1. The van der Waals surface area contributed by atoms with Gasteiger partial charge in [0.05, 0.1) is 6.10 Å². The minimum Gasteiger partial charge on any atom is -0.388 e. The maximum Gasteiger partial charge on any atom is 0.0811 e. The fourth-order valence-electron chi connectivity index (χ4n) is 1.46. The summed E-state index contributed by atoms with van der Waals surface area (Å²) in [5, 5.41) is 10.1. The van der Waals surface area contributed by atoms with Crippen molar-refractivity contribution in [2.75, 3.05) is 0 Å². The Labute approximate surface area is 98.1 Å². The lowest BCUT2D eigenvalue weighted by molar-refractivity contribution is 0.111. The molecule has 0 saturated heterocycles. The van der Waals surface area contributed by atoms with Gasteiger partial charge in [0.2, 0.25) is 0 Å². The molecule has 0 aliphatic heterocycles. The molecule has 16 heavy (non-hydrogen) atoms. The minimum atomic E-state index is -0.491. The molecule has 0 aliphatic rings. The van der Waals surface area contributed by atoms with E-state index in [0.717, 1.165) is 12.0 Å². The Morgan fingerprint density at radius 1 is 1.38 bits per heavy atom. The third-order valence-electron chi connectivity index (χ3n) is 3.17.